The van der Waals surface area contributed by atoms with Crippen LogP contribution in [0, 0.1) is 12.7 Å². The molecule has 0 aliphatic carbocycles. The normalized spacial score (nSPS) is 12.1. The molecule has 0 unspecified atom stereocenters. The molecule has 0 fully saturated rings. The van der Waals surface area contributed by atoms with Crippen LogP contribution in [-0.4, -0.2) is 39.1 Å². The highest BCUT2D eigenvalue weighted by atomic mass is 32.2. The van der Waals surface area contributed by atoms with Gasteiger partial charge in [-0.2, -0.15) is 5.10 Å². The van der Waals surface area contributed by atoms with Crippen molar-refractivity contribution in [2.45, 2.75) is 16.7 Å². The van der Waals surface area contributed by atoms with E-state index < -0.39 is 25.5 Å². The summed E-state index contributed by atoms with van der Waals surface area (Å²) in [6, 6.07) is 9.95. The predicted molar refractivity (Wildman–Crippen MR) is 104 cm³/mol. The van der Waals surface area contributed by atoms with Gasteiger partial charge in [0.2, 0.25) is 0 Å². The number of aromatic nitrogens is 2. The highest BCUT2D eigenvalue weighted by Gasteiger charge is 2.19. The predicted octanol–water partition coefficient (Wildman–Crippen LogP) is 2.87. The standard InChI is InChI=1S/C18H18FN3O4S2/c1-12-16(11-20-22(12)17-7-5-4-6-14(17)19)21-15-9-8-13(27(2,23)24)10-18(15)28(3,25)26/h4-11,21H,1-3H3. The van der Waals surface area contributed by atoms with Crippen LogP contribution in [-0.2, 0) is 19.7 Å². The van der Waals surface area contributed by atoms with Crippen molar-refractivity contribution >= 4 is 31.0 Å². The van der Waals surface area contributed by atoms with E-state index in [1.807, 2.05) is 0 Å². The summed E-state index contributed by atoms with van der Waals surface area (Å²) < 4.78 is 63.3. The van der Waals surface area contributed by atoms with Gasteiger partial charge in [0.15, 0.2) is 19.7 Å². The zero-order chi connectivity index (χ0) is 20.7. The van der Waals surface area contributed by atoms with Crippen molar-refractivity contribution in [1.82, 2.24) is 9.78 Å². The zero-order valence-corrected chi connectivity index (χ0v) is 17.0. The number of anilines is 2. The van der Waals surface area contributed by atoms with Gasteiger partial charge < -0.3 is 5.32 Å². The Morgan fingerprint density at radius 1 is 0.964 bits per heavy atom. The second-order valence-electron chi connectivity index (χ2n) is 6.33. The Hall–Kier alpha value is -2.72. The fourth-order valence-electron chi connectivity index (χ4n) is 2.69. The topological polar surface area (TPSA) is 98.1 Å². The maximum absolute atomic E-state index is 14.1. The van der Waals surface area contributed by atoms with E-state index in [4.69, 9.17) is 0 Å². The van der Waals surface area contributed by atoms with Gasteiger partial charge in [0.05, 0.1) is 33.1 Å². The van der Waals surface area contributed by atoms with E-state index in [9.17, 15) is 21.2 Å². The number of hydrogen-bond acceptors (Lipinski definition) is 6. The first-order valence-corrected chi connectivity index (χ1v) is 11.9. The Labute approximate surface area is 162 Å². The van der Waals surface area contributed by atoms with Gasteiger partial charge in [0.25, 0.3) is 0 Å². The van der Waals surface area contributed by atoms with Gasteiger partial charge >= 0.3 is 0 Å². The summed E-state index contributed by atoms with van der Waals surface area (Å²) in [4.78, 5) is -0.259. The average molecular weight is 423 g/mol. The van der Waals surface area contributed by atoms with Gasteiger partial charge in [-0.3, -0.25) is 0 Å². The molecular weight excluding hydrogens is 405 g/mol. The van der Waals surface area contributed by atoms with E-state index in [2.05, 4.69) is 10.4 Å². The van der Waals surface area contributed by atoms with Crippen LogP contribution in [0.5, 0.6) is 0 Å². The summed E-state index contributed by atoms with van der Waals surface area (Å²) in [7, 11) is -7.29. The average Bonchev–Trinajstić information content (AvgIpc) is 2.94. The Kier molecular flexibility index (Phi) is 5.02. The van der Waals surface area contributed by atoms with Crippen LogP contribution in [0.25, 0.3) is 5.69 Å². The molecule has 1 heterocycles. The summed E-state index contributed by atoms with van der Waals surface area (Å²) in [5, 5.41) is 7.12. The Bertz CT molecular complexity index is 1270. The summed E-state index contributed by atoms with van der Waals surface area (Å²) >= 11 is 0. The Morgan fingerprint density at radius 2 is 1.64 bits per heavy atom. The lowest BCUT2D eigenvalue weighted by molar-refractivity contribution is 0.600. The minimum absolute atomic E-state index is 0.0998. The van der Waals surface area contributed by atoms with Crippen LogP contribution < -0.4 is 5.32 Å². The van der Waals surface area contributed by atoms with E-state index in [-0.39, 0.29) is 21.2 Å². The number of halogens is 1. The van der Waals surface area contributed by atoms with Crippen LogP contribution in [0.4, 0.5) is 15.8 Å². The highest BCUT2D eigenvalue weighted by Crippen LogP contribution is 2.30. The summed E-state index contributed by atoms with van der Waals surface area (Å²) in [5.41, 5.74) is 1.46. The van der Waals surface area contributed by atoms with Crippen molar-refractivity contribution in [3.05, 3.63) is 60.2 Å². The molecule has 10 heteroatoms. The molecule has 1 N–H and O–H groups in total. The Balaban J connectivity index is 2.07. The molecule has 28 heavy (non-hydrogen) atoms. The lowest BCUT2D eigenvalue weighted by Gasteiger charge is -2.12. The Morgan fingerprint density at radius 3 is 2.25 bits per heavy atom. The third-order valence-corrected chi connectivity index (χ3v) is 6.39. The van der Waals surface area contributed by atoms with Crippen molar-refractivity contribution in [2.75, 3.05) is 17.8 Å². The largest absolute Gasteiger partial charge is 0.352 e. The lowest BCUT2D eigenvalue weighted by Crippen LogP contribution is -2.07. The van der Waals surface area contributed by atoms with Gasteiger partial charge in [-0.15, -0.1) is 0 Å². The van der Waals surface area contributed by atoms with Crippen molar-refractivity contribution in [3.8, 4) is 5.69 Å². The summed E-state index contributed by atoms with van der Waals surface area (Å²) in [6.45, 7) is 1.70. The van der Waals surface area contributed by atoms with Gasteiger partial charge in [-0.1, -0.05) is 12.1 Å². The van der Waals surface area contributed by atoms with Crippen LogP contribution >= 0.6 is 0 Å². The third-order valence-electron chi connectivity index (χ3n) is 4.14. The van der Waals surface area contributed by atoms with Crippen LogP contribution in [0.15, 0.2) is 58.5 Å². The molecule has 1 aromatic heterocycles. The van der Waals surface area contributed by atoms with Crippen LogP contribution in [0.1, 0.15) is 5.69 Å². The second-order valence-corrected chi connectivity index (χ2v) is 10.3. The first kappa shape index (κ1) is 20.0. The third kappa shape index (κ3) is 3.92. The number of benzene rings is 2. The van der Waals surface area contributed by atoms with Crippen molar-refractivity contribution in [3.63, 3.8) is 0 Å². The zero-order valence-electron chi connectivity index (χ0n) is 15.3. The molecule has 0 atom stereocenters. The molecule has 0 saturated heterocycles. The van der Waals surface area contributed by atoms with Crippen LogP contribution in [0.2, 0.25) is 0 Å². The van der Waals surface area contributed by atoms with Gasteiger partial charge in [0, 0.05) is 12.5 Å². The highest BCUT2D eigenvalue weighted by molar-refractivity contribution is 7.91. The number of para-hydroxylation sites is 1. The van der Waals surface area contributed by atoms with E-state index in [1.165, 1.54) is 29.1 Å². The minimum atomic E-state index is -3.72. The first-order chi connectivity index (χ1) is 13.0. The molecule has 0 aliphatic heterocycles. The quantitative estimate of drug-likeness (QED) is 0.678. The first-order valence-electron chi connectivity index (χ1n) is 8.09. The molecular formula is C18H18FN3O4S2. The molecule has 7 nitrogen and oxygen atoms in total. The lowest BCUT2D eigenvalue weighted by atomic mass is 10.2. The van der Waals surface area contributed by atoms with Crippen molar-refractivity contribution < 1.29 is 21.2 Å². The SMILES string of the molecule is Cc1c(Nc2ccc(S(C)(=O)=O)cc2S(C)(=O)=O)cnn1-c1ccccc1F. The van der Waals surface area contributed by atoms with Gasteiger partial charge in [-0.25, -0.2) is 25.9 Å². The number of rotatable bonds is 5. The van der Waals surface area contributed by atoms with E-state index in [0.717, 1.165) is 18.6 Å². The molecule has 148 valence electrons. The maximum atomic E-state index is 14.1. The van der Waals surface area contributed by atoms with Gasteiger partial charge in [0.1, 0.15) is 11.5 Å². The van der Waals surface area contributed by atoms with E-state index in [1.54, 1.807) is 25.1 Å². The molecule has 0 spiro atoms. The number of nitrogens with one attached hydrogen (secondary N) is 1. The molecule has 0 aliphatic rings. The maximum Gasteiger partial charge on any atom is 0.177 e. The van der Waals surface area contributed by atoms with E-state index in [0.29, 0.717) is 11.4 Å². The fourth-order valence-corrected chi connectivity index (χ4v) is 4.27. The molecule has 3 aromatic rings. The molecule has 0 radical (unpaired) electrons. The monoisotopic (exact) mass is 423 g/mol. The van der Waals surface area contributed by atoms with E-state index >= 15 is 0 Å². The molecule has 2 aromatic carbocycles. The molecule has 3 rings (SSSR count). The van der Waals surface area contributed by atoms with Crippen LogP contribution in [0.3, 0.4) is 0 Å². The number of hydrogen-bond donors (Lipinski definition) is 1. The second kappa shape index (κ2) is 7.02. The summed E-state index contributed by atoms with van der Waals surface area (Å²) in [5.74, 6) is -0.449. The van der Waals surface area contributed by atoms with Gasteiger partial charge in [-0.05, 0) is 37.3 Å². The molecule has 0 bridgehead atoms. The van der Waals surface area contributed by atoms with Crippen molar-refractivity contribution in [1.29, 1.82) is 0 Å². The van der Waals surface area contributed by atoms with Crippen molar-refractivity contribution in [2.24, 2.45) is 0 Å². The fraction of sp³-hybridized carbons (Fsp3) is 0.167. The summed E-state index contributed by atoms with van der Waals surface area (Å²) in [6.07, 6.45) is 3.44. The number of nitrogens with zero attached hydrogens (tertiary/aromatic N) is 2. The number of sulfone groups is 2. The molecule has 0 saturated carbocycles. The minimum Gasteiger partial charge on any atom is -0.352 e. The smallest absolute Gasteiger partial charge is 0.177 e. The molecule has 0 amide bonds.